The highest BCUT2D eigenvalue weighted by atomic mass is 16.3. The summed E-state index contributed by atoms with van der Waals surface area (Å²) in [7, 11) is 0. The number of aromatic hydroxyl groups is 1. The molecule has 68 valence electrons. The van der Waals surface area contributed by atoms with Gasteiger partial charge < -0.3 is 9.90 Å². The van der Waals surface area contributed by atoms with E-state index >= 15 is 0 Å². The van der Waals surface area contributed by atoms with E-state index in [1.165, 1.54) is 0 Å². The van der Waals surface area contributed by atoms with Gasteiger partial charge in [-0.15, -0.1) is 0 Å². The van der Waals surface area contributed by atoms with E-state index in [-0.39, 0.29) is 11.3 Å². The van der Waals surface area contributed by atoms with Crippen molar-refractivity contribution in [3.63, 3.8) is 0 Å². The first-order valence-electron chi connectivity index (χ1n) is 4.42. The summed E-state index contributed by atoms with van der Waals surface area (Å²) in [4.78, 5) is 10.6. The number of hydrogen-bond donors (Lipinski definition) is 1. The molecule has 1 aliphatic carbocycles. The Morgan fingerprint density at radius 1 is 1.54 bits per heavy atom. The van der Waals surface area contributed by atoms with E-state index in [2.05, 4.69) is 0 Å². The molecule has 0 radical (unpaired) electrons. The van der Waals surface area contributed by atoms with Gasteiger partial charge in [0.15, 0.2) is 0 Å². The molecule has 1 saturated carbocycles. The highest BCUT2D eigenvalue weighted by molar-refractivity contribution is 5.65. The Morgan fingerprint density at radius 2 is 2.23 bits per heavy atom. The van der Waals surface area contributed by atoms with Gasteiger partial charge in [0.25, 0.3) is 0 Å². The van der Waals surface area contributed by atoms with Crippen molar-refractivity contribution in [1.29, 1.82) is 0 Å². The van der Waals surface area contributed by atoms with Crippen molar-refractivity contribution < 1.29 is 9.90 Å². The van der Waals surface area contributed by atoms with Gasteiger partial charge in [-0.05, 0) is 12.5 Å². The molecule has 0 aromatic heterocycles. The van der Waals surface area contributed by atoms with Crippen LogP contribution in [0.25, 0.3) is 0 Å². The molecule has 1 N–H and O–H groups in total. The number of rotatable bonds is 2. The third-order valence-electron chi connectivity index (χ3n) is 2.99. The van der Waals surface area contributed by atoms with Crippen LogP contribution in [0.3, 0.4) is 0 Å². The number of para-hydroxylation sites is 1. The summed E-state index contributed by atoms with van der Waals surface area (Å²) in [5, 5.41) is 9.58. The fourth-order valence-corrected chi connectivity index (χ4v) is 1.86. The zero-order chi connectivity index (χ0) is 9.47. The Bertz CT molecular complexity index is 346. The van der Waals surface area contributed by atoms with E-state index in [1.54, 1.807) is 12.1 Å². The van der Waals surface area contributed by atoms with Crippen LogP contribution in [0, 0.1) is 5.92 Å². The van der Waals surface area contributed by atoms with Gasteiger partial charge in [-0.2, -0.15) is 0 Å². The van der Waals surface area contributed by atoms with Crippen LogP contribution < -0.4 is 0 Å². The predicted molar refractivity (Wildman–Crippen MR) is 49.6 cm³/mol. The van der Waals surface area contributed by atoms with Crippen molar-refractivity contribution in [2.75, 3.05) is 0 Å². The quantitative estimate of drug-likeness (QED) is 0.698. The summed E-state index contributed by atoms with van der Waals surface area (Å²) in [6.07, 6.45) is 1.83. The van der Waals surface area contributed by atoms with Gasteiger partial charge in [-0.25, -0.2) is 0 Å². The summed E-state index contributed by atoms with van der Waals surface area (Å²) in [5.74, 6) is 0.384. The maximum absolute atomic E-state index is 10.6. The first kappa shape index (κ1) is 8.30. The van der Waals surface area contributed by atoms with E-state index < -0.39 is 0 Å². The van der Waals surface area contributed by atoms with Crippen LogP contribution >= 0.6 is 0 Å². The van der Waals surface area contributed by atoms with E-state index in [0.717, 1.165) is 18.3 Å². The Labute approximate surface area is 77.2 Å². The lowest BCUT2D eigenvalue weighted by Crippen LogP contribution is -2.05. The van der Waals surface area contributed by atoms with Crippen molar-refractivity contribution in [2.24, 2.45) is 5.92 Å². The largest absolute Gasteiger partial charge is 0.508 e. The molecular weight excluding hydrogens is 164 g/mol. The lowest BCUT2D eigenvalue weighted by Gasteiger charge is -2.11. The molecule has 1 aromatic rings. The molecular formula is C11H12O2. The molecule has 0 aliphatic heterocycles. The predicted octanol–water partition coefficient (Wildman–Crippen LogP) is 1.87. The molecule has 1 aliphatic rings. The average molecular weight is 176 g/mol. The van der Waals surface area contributed by atoms with Crippen molar-refractivity contribution in [2.45, 2.75) is 18.8 Å². The summed E-state index contributed by atoms with van der Waals surface area (Å²) in [6.45, 7) is 2.02. The molecule has 1 aromatic carbocycles. The van der Waals surface area contributed by atoms with Crippen LogP contribution in [-0.2, 0) is 10.2 Å². The third kappa shape index (κ3) is 1.13. The van der Waals surface area contributed by atoms with Gasteiger partial charge >= 0.3 is 0 Å². The fraction of sp³-hybridized carbons (Fsp3) is 0.364. The van der Waals surface area contributed by atoms with Crippen LogP contribution in [0.15, 0.2) is 24.3 Å². The highest BCUT2D eigenvalue weighted by Crippen LogP contribution is 2.54. The zero-order valence-electron chi connectivity index (χ0n) is 7.53. The standard InChI is InChI=1S/C11H12O2/c1-11(6-8(11)7-12)9-4-2-3-5-10(9)13/h2-5,7-8,13H,6H2,1H3. The Balaban J connectivity index is 2.37. The van der Waals surface area contributed by atoms with Crippen LogP contribution in [0.2, 0.25) is 0 Å². The number of phenolic OH excluding ortho intramolecular Hbond substituents is 1. The van der Waals surface area contributed by atoms with Crippen molar-refractivity contribution in [3.8, 4) is 5.75 Å². The number of carbonyl (C=O) groups is 1. The first-order chi connectivity index (χ1) is 6.18. The number of carbonyl (C=O) groups excluding carboxylic acids is 1. The molecule has 2 atom stereocenters. The average Bonchev–Trinajstić information content (AvgIpc) is 2.79. The van der Waals surface area contributed by atoms with E-state index in [9.17, 15) is 9.90 Å². The Hall–Kier alpha value is -1.31. The summed E-state index contributed by atoms with van der Waals surface area (Å²) >= 11 is 0. The maximum atomic E-state index is 10.6. The van der Waals surface area contributed by atoms with Crippen LogP contribution in [0.5, 0.6) is 5.75 Å². The molecule has 0 spiro atoms. The minimum Gasteiger partial charge on any atom is -0.508 e. The van der Waals surface area contributed by atoms with Gasteiger partial charge in [-0.1, -0.05) is 25.1 Å². The minimum atomic E-state index is -0.118. The van der Waals surface area contributed by atoms with Gasteiger partial charge in [0.1, 0.15) is 12.0 Å². The molecule has 2 rings (SSSR count). The topological polar surface area (TPSA) is 37.3 Å². The van der Waals surface area contributed by atoms with Gasteiger partial charge in [-0.3, -0.25) is 0 Å². The lowest BCUT2D eigenvalue weighted by molar-refractivity contribution is -0.109. The van der Waals surface area contributed by atoms with Gasteiger partial charge in [0.2, 0.25) is 0 Å². The van der Waals surface area contributed by atoms with Crippen molar-refractivity contribution in [1.82, 2.24) is 0 Å². The van der Waals surface area contributed by atoms with Crippen LogP contribution in [0.4, 0.5) is 0 Å². The van der Waals surface area contributed by atoms with Crippen molar-refractivity contribution in [3.05, 3.63) is 29.8 Å². The molecule has 0 heterocycles. The van der Waals surface area contributed by atoms with Crippen LogP contribution in [0.1, 0.15) is 18.9 Å². The molecule has 13 heavy (non-hydrogen) atoms. The Morgan fingerprint density at radius 3 is 2.77 bits per heavy atom. The molecule has 2 heteroatoms. The summed E-state index contributed by atoms with van der Waals surface area (Å²) in [5.41, 5.74) is 0.778. The summed E-state index contributed by atoms with van der Waals surface area (Å²) in [6, 6.07) is 7.24. The minimum absolute atomic E-state index is 0.0841. The number of hydrogen-bond acceptors (Lipinski definition) is 2. The van der Waals surface area contributed by atoms with E-state index in [0.29, 0.717) is 5.75 Å². The monoisotopic (exact) mass is 176 g/mol. The fourth-order valence-electron chi connectivity index (χ4n) is 1.86. The molecule has 2 nitrogen and oxygen atoms in total. The number of benzene rings is 1. The second-order valence-corrected chi connectivity index (χ2v) is 3.88. The number of phenols is 1. The molecule has 0 bridgehead atoms. The maximum Gasteiger partial charge on any atom is 0.123 e. The van der Waals surface area contributed by atoms with Gasteiger partial charge in [0, 0.05) is 16.9 Å². The third-order valence-corrected chi connectivity index (χ3v) is 2.99. The molecule has 1 fully saturated rings. The highest BCUT2D eigenvalue weighted by Gasteiger charge is 2.52. The second-order valence-electron chi connectivity index (χ2n) is 3.88. The SMILES string of the molecule is CC1(c2ccccc2O)CC1C=O. The normalized spacial score (nSPS) is 31.3. The zero-order valence-corrected chi connectivity index (χ0v) is 7.53. The summed E-state index contributed by atoms with van der Waals surface area (Å²) < 4.78 is 0. The van der Waals surface area contributed by atoms with E-state index in [1.807, 2.05) is 19.1 Å². The lowest BCUT2D eigenvalue weighted by atomic mass is 9.95. The smallest absolute Gasteiger partial charge is 0.123 e. The molecule has 0 amide bonds. The first-order valence-corrected chi connectivity index (χ1v) is 4.42. The molecule has 0 saturated heterocycles. The second kappa shape index (κ2) is 2.59. The van der Waals surface area contributed by atoms with Crippen LogP contribution in [-0.4, -0.2) is 11.4 Å². The van der Waals surface area contributed by atoms with E-state index in [4.69, 9.17) is 0 Å². The molecule has 2 unspecified atom stereocenters. The Kier molecular flexibility index (Phi) is 1.65. The van der Waals surface area contributed by atoms with Gasteiger partial charge in [0.05, 0.1) is 0 Å². The van der Waals surface area contributed by atoms with Crippen molar-refractivity contribution >= 4 is 6.29 Å². The number of aldehydes is 1.